The van der Waals surface area contributed by atoms with Crippen LogP contribution in [0.3, 0.4) is 0 Å². The molecule has 5 heterocycles. The quantitative estimate of drug-likeness (QED) is 0.185. The molecule has 5 aliphatic heterocycles. The number of ether oxygens (including phenoxy) is 5. The number of ketones is 1. The number of carbonyl (C=O) groups excluding carboxylic acids is 3. The number of carboxylic acid groups (broad SMARTS) is 1. The average molecular weight is 876 g/mol. The second-order valence-corrected chi connectivity index (χ2v) is 19.8. The van der Waals surface area contributed by atoms with E-state index in [4.69, 9.17) is 23.7 Å². The molecule has 1 aromatic rings. The smallest absolute Gasteiger partial charge is 0.550 e. The third-order valence-corrected chi connectivity index (χ3v) is 15.8. The number of aliphatic hydroxyl groups is 2. The molecule has 1 amide bonds. The second kappa shape index (κ2) is 20.4. The zero-order valence-corrected chi connectivity index (χ0v) is 41.3. The van der Waals surface area contributed by atoms with Gasteiger partial charge in [-0.15, -0.1) is 0 Å². The van der Waals surface area contributed by atoms with Crippen molar-refractivity contribution in [2.75, 3.05) is 0 Å². The number of nitrogens with one attached hydrogen (secondary N) is 1. The van der Waals surface area contributed by atoms with Crippen LogP contribution in [0.25, 0.3) is 0 Å². The van der Waals surface area contributed by atoms with Crippen LogP contribution in [-0.4, -0.2) is 93.3 Å². The van der Waals surface area contributed by atoms with Crippen molar-refractivity contribution < 1.29 is 82.9 Å². The fourth-order valence-corrected chi connectivity index (χ4v) is 11.5. The van der Waals surface area contributed by atoms with Gasteiger partial charge in [0.05, 0.1) is 47.8 Å². The molecule has 3 N–H and O–H groups in total. The Hall–Kier alpha value is -1.71. The van der Waals surface area contributed by atoms with Crippen molar-refractivity contribution in [3.8, 4) is 0 Å². The normalized spacial score (nSPS) is 40.8. The molecular formula is C49H74NNaO11. The number of hydrogen-bond donors (Lipinski definition) is 3. The number of Topliss-reactive ketones (excluding diaryl/α,β-unsaturated/α-hetero) is 1. The molecule has 342 valence electrons. The molecule has 12 nitrogen and oxygen atoms in total. The van der Waals surface area contributed by atoms with Crippen molar-refractivity contribution >= 4 is 17.7 Å². The van der Waals surface area contributed by atoms with Crippen LogP contribution in [0.5, 0.6) is 0 Å². The van der Waals surface area contributed by atoms with Gasteiger partial charge in [-0.2, -0.15) is 0 Å². The summed E-state index contributed by atoms with van der Waals surface area (Å²) in [6.07, 6.45) is 6.28. The molecule has 18 atom stereocenters. The Morgan fingerprint density at radius 2 is 1.56 bits per heavy atom. The standard InChI is InChI=1S/C49H75NO11.Na/c1-11-35(45(54)55)37-20-19-28(4)42(58-37)32(8)40(51)31(7)41(52)36(12-2)43-29(5)27-30(6)48(59-43)24-21-38(50-44(53)34-17-15-14-16-18-34)49(61-48)26-25-46(10,60-49)39-22-23-47(56,13-3)33(9)57-39;/h14-18,21,24,28-33,35-40,42-43,51,56H,11-13,19-20,22-23,25-27H2,1-10H3,(H,50,53)(H,54,55);/q;+1/p-1/t28-,29-,30+,31-,32-,33-,35+,36-,37+,38-,39+,40+,42+,43-,46-,47+,48-,49-;/m0./s1. The number of amides is 1. The molecule has 6 rings (SSSR count). The van der Waals surface area contributed by atoms with Gasteiger partial charge in [0.15, 0.2) is 11.6 Å². The number of aliphatic carboxylic acids is 1. The second-order valence-electron chi connectivity index (χ2n) is 19.8. The minimum Gasteiger partial charge on any atom is -0.550 e. The summed E-state index contributed by atoms with van der Waals surface area (Å²) in [5.41, 5.74) is -1.21. The van der Waals surface area contributed by atoms with Crippen LogP contribution in [0, 0.1) is 41.4 Å². The summed E-state index contributed by atoms with van der Waals surface area (Å²) in [5.74, 6) is -6.72. The van der Waals surface area contributed by atoms with Crippen molar-refractivity contribution in [2.24, 2.45) is 41.4 Å². The maximum Gasteiger partial charge on any atom is 1.00 e. The van der Waals surface area contributed by atoms with Crippen molar-refractivity contribution in [1.29, 1.82) is 0 Å². The number of carbonyl (C=O) groups is 3. The van der Waals surface area contributed by atoms with E-state index in [2.05, 4.69) is 26.1 Å². The minimum atomic E-state index is -1.34. The number of aliphatic hydroxyl groups excluding tert-OH is 1. The number of carboxylic acids is 1. The summed E-state index contributed by atoms with van der Waals surface area (Å²) >= 11 is 0. The summed E-state index contributed by atoms with van der Waals surface area (Å²) in [5, 5.41) is 38.2. The third-order valence-electron chi connectivity index (χ3n) is 15.8. The van der Waals surface area contributed by atoms with Crippen molar-refractivity contribution in [3.05, 3.63) is 48.0 Å². The number of hydrogen-bond acceptors (Lipinski definition) is 11. The minimum absolute atomic E-state index is 0. The molecule has 0 radical (unpaired) electrons. The van der Waals surface area contributed by atoms with Crippen LogP contribution >= 0.6 is 0 Å². The maximum absolute atomic E-state index is 14.7. The Morgan fingerprint density at radius 3 is 2.18 bits per heavy atom. The van der Waals surface area contributed by atoms with E-state index in [0.717, 1.165) is 6.42 Å². The van der Waals surface area contributed by atoms with E-state index in [1.54, 1.807) is 19.1 Å². The average Bonchev–Trinajstić information content (AvgIpc) is 3.58. The van der Waals surface area contributed by atoms with E-state index in [0.29, 0.717) is 63.4 Å². The van der Waals surface area contributed by atoms with Gasteiger partial charge < -0.3 is 49.1 Å². The Kier molecular flexibility index (Phi) is 16.9. The topological polar surface area (TPSA) is 173 Å². The fraction of sp³-hybridized carbons (Fsp3) is 0.776. The zero-order chi connectivity index (χ0) is 44.7. The molecular weight excluding hydrogens is 802 g/mol. The van der Waals surface area contributed by atoms with E-state index >= 15 is 0 Å². The summed E-state index contributed by atoms with van der Waals surface area (Å²) in [6, 6.07) is 8.35. The van der Waals surface area contributed by atoms with Gasteiger partial charge >= 0.3 is 29.6 Å². The predicted octanol–water partition coefficient (Wildman–Crippen LogP) is 3.30. The molecule has 0 bridgehead atoms. The summed E-state index contributed by atoms with van der Waals surface area (Å²) in [6.45, 7) is 19.6. The van der Waals surface area contributed by atoms with Crippen LogP contribution in [0.4, 0.5) is 0 Å². The molecule has 13 heteroatoms. The van der Waals surface area contributed by atoms with Crippen LogP contribution in [0.1, 0.15) is 144 Å². The van der Waals surface area contributed by atoms with E-state index in [9.17, 15) is 29.7 Å². The van der Waals surface area contributed by atoms with E-state index < -0.39 is 89.0 Å². The van der Waals surface area contributed by atoms with Crippen molar-refractivity contribution in [3.63, 3.8) is 0 Å². The monoisotopic (exact) mass is 876 g/mol. The van der Waals surface area contributed by atoms with Crippen LogP contribution in [0.15, 0.2) is 42.5 Å². The Balaban J connectivity index is 0.00000726. The van der Waals surface area contributed by atoms with Gasteiger partial charge in [0, 0.05) is 47.5 Å². The molecule has 0 aliphatic carbocycles. The van der Waals surface area contributed by atoms with Gasteiger partial charge in [0.25, 0.3) is 5.91 Å². The van der Waals surface area contributed by atoms with Crippen LogP contribution in [-0.2, 0) is 33.3 Å². The Bertz CT molecular complexity index is 1730. The molecule has 4 saturated heterocycles. The molecule has 62 heavy (non-hydrogen) atoms. The Labute approximate surface area is 392 Å². The van der Waals surface area contributed by atoms with E-state index in [-0.39, 0.29) is 65.1 Å². The van der Waals surface area contributed by atoms with Gasteiger partial charge in [-0.3, -0.25) is 9.59 Å². The largest absolute Gasteiger partial charge is 1.00 e. The molecule has 0 aromatic heterocycles. The predicted molar refractivity (Wildman–Crippen MR) is 228 cm³/mol. The molecule has 0 saturated carbocycles. The van der Waals surface area contributed by atoms with Gasteiger partial charge in [-0.05, 0) is 102 Å². The first-order valence-electron chi connectivity index (χ1n) is 23.4. The molecule has 5 aliphatic rings. The maximum atomic E-state index is 14.7. The SMILES string of the molecule is CC[C@@H](C(=O)[C@@H](C)[C@@H](O)[C@H](C)[C@@H]1O[C@@H]([C@@H](CC)C(=O)[O-])CC[C@@H]1C)[C@H]1O[C@]2(C=C[C@H](NC(=O)c3ccccc3)[C@]3(CC[C@@](C)([C@H]4CC[C@](O)(CC)[C@H](C)O4)O3)O2)[C@H](C)C[C@@H]1C.[Na+]. The van der Waals surface area contributed by atoms with Gasteiger partial charge in [0.2, 0.25) is 0 Å². The van der Waals surface area contributed by atoms with Gasteiger partial charge in [-0.1, -0.05) is 79.7 Å². The van der Waals surface area contributed by atoms with E-state index in [1.165, 1.54) is 0 Å². The third kappa shape index (κ3) is 10.0. The number of benzene rings is 1. The zero-order valence-electron chi connectivity index (χ0n) is 39.3. The first-order valence-corrected chi connectivity index (χ1v) is 23.4. The number of rotatable bonds is 14. The summed E-state index contributed by atoms with van der Waals surface area (Å²) < 4.78 is 34.5. The van der Waals surface area contributed by atoms with Gasteiger partial charge in [0.1, 0.15) is 11.8 Å². The molecule has 2 spiro atoms. The van der Waals surface area contributed by atoms with Crippen molar-refractivity contribution in [2.45, 2.75) is 199 Å². The molecule has 0 unspecified atom stereocenters. The first-order chi connectivity index (χ1) is 28.8. The van der Waals surface area contributed by atoms with Gasteiger partial charge in [-0.25, -0.2) is 0 Å². The molecule has 1 aromatic carbocycles. The molecule has 4 fully saturated rings. The Morgan fingerprint density at radius 1 is 0.887 bits per heavy atom. The van der Waals surface area contributed by atoms with E-state index in [1.807, 2.05) is 71.9 Å². The van der Waals surface area contributed by atoms with Crippen LogP contribution < -0.4 is 40.0 Å². The first kappa shape index (κ1) is 51.3. The summed E-state index contributed by atoms with van der Waals surface area (Å²) in [4.78, 5) is 40.3. The van der Waals surface area contributed by atoms with Crippen LogP contribution in [0.2, 0.25) is 0 Å². The summed E-state index contributed by atoms with van der Waals surface area (Å²) in [7, 11) is 0. The fourth-order valence-electron chi connectivity index (χ4n) is 11.5. The van der Waals surface area contributed by atoms with Crippen molar-refractivity contribution in [1.82, 2.24) is 5.32 Å².